The SMILES string of the molecule is CCCC(SCCCCCC(F)(F)F)C(=O)O. The van der Waals surface area contributed by atoms with Gasteiger partial charge in [-0.25, -0.2) is 0 Å². The van der Waals surface area contributed by atoms with Gasteiger partial charge in [0.25, 0.3) is 0 Å². The Morgan fingerprint density at radius 2 is 1.94 bits per heavy atom. The summed E-state index contributed by atoms with van der Waals surface area (Å²) in [6.45, 7) is 1.92. The van der Waals surface area contributed by atoms with Crippen LogP contribution < -0.4 is 0 Å². The van der Waals surface area contributed by atoms with Gasteiger partial charge in [0.2, 0.25) is 0 Å². The number of aliphatic carboxylic acids is 1. The van der Waals surface area contributed by atoms with Crippen molar-refractivity contribution >= 4 is 17.7 Å². The lowest BCUT2D eigenvalue weighted by Gasteiger charge is -2.10. The molecule has 6 heteroatoms. The Labute approximate surface area is 104 Å². The lowest BCUT2D eigenvalue weighted by Crippen LogP contribution is -2.16. The zero-order valence-corrected chi connectivity index (χ0v) is 10.7. The zero-order valence-electron chi connectivity index (χ0n) is 9.92. The van der Waals surface area contributed by atoms with E-state index in [1.54, 1.807) is 0 Å². The Balaban J connectivity index is 3.52. The quantitative estimate of drug-likeness (QED) is 0.642. The van der Waals surface area contributed by atoms with Crippen molar-refractivity contribution in [2.45, 2.75) is 56.9 Å². The van der Waals surface area contributed by atoms with Crippen molar-refractivity contribution in [3.8, 4) is 0 Å². The molecule has 1 atom stereocenters. The number of hydrogen-bond donors (Lipinski definition) is 1. The second-order valence-corrected chi connectivity index (χ2v) is 5.22. The third-order valence-electron chi connectivity index (χ3n) is 2.25. The molecule has 0 aromatic carbocycles. The summed E-state index contributed by atoms with van der Waals surface area (Å²) in [5.74, 6) is -0.207. The Kier molecular flexibility index (Phi) is 8.47. The van der Waals surface area contributed by atoms with Crippen LogP contribution in [-0.2, 0) is 4.79 Å². The summed E-state index contributed by atoms with van der Waals surface area (Å²) >= 11 is 1.33. The molecule has 0 saturated carbocycles. The highest BCUT2D eigenvalue weighted by Crippen LogP contribution is 2.24. The molecular formula is C11H19F3O2S. The highest BCUT2D eigenvalue weighted by Gasteiger charge is 2.25. The van der Waals surface area contributed by atoms with Crippen LogP contribution >= 0.6 is 11.8 Å². The molecule has 0 aliphatic heterocycles. The van der Waals surface area contributed by atoms with Gasteiger partial charge in [-0.2, -0.15) is 13.2 Å². The van der Waals surface area contributed by atoms with Gasteiger partial charge in [0.1, 0.15) is 5.25 Å². The normalized spacial score (nSPS) is 13.6. The van der Waals surface area contributed by atoms with Gasteiger partial charge in [-0.1, -0.05) is 19.8 Å². The fraction of sp³-hybridized carbons (Fsp3) is 0.909. The van der Waals surface area contributed by atoms with E-state index in [0.29, 0.717) is 25.0 Å². The van der Waals surface area contributed by atoms with Crippen molar-refractivity contribution in [3.63, 3.8) is 0 Å². The third-order valence-corrected chi connectivity index (χ3v) is 3.61. The van der Waals surface area contributed by atoms with E-state index in [0.717, 1.165) is 6.42 Å². The Hall–Kier alpha value is -0.390. The first-order chi connectivity index (χ1) is 7.87. The average molecular weight is 272 g/mol. The fourth-order valence-corrected chi connectivity index (χ4v) is 2.57. The zero-order chi connectivity index (χ0) is 13.3. The fourth-order valence-electron chi connectivity index (χ4n) is 1.37. The number of halogens is 3. The number of thioether (sulfide) groups is 1. The van der Waals surface area contributed by atoms with Crippen LogP contribution in [0.1, 0.15) is 45.4 Å². The van der Waals surface area contributed by atoms with Gasteiger partial charge in [0.05, 0.1) is 0 Å². The maximum atomic E-state index is 11.8. The van der Waals surface area contributed by atoms with Crippen LogP contribution in [0.5, 0.6) is 0 Å². The lowest BCUT2D eigenvalue weighted by molar-refractivity contribution is -0.137. The highest BCUT2D eigenvalue weighted by molar-refractivity contribution is 8.00. The largest absolute Gasteiger partial charge is 0.480 e. The van der Waals surface area contributed by atoms with Gasteiger partial charge in [-0.15, -0.1) is 11.8 Å². The highest BCUT2D eigenvalue weighted by atomic mass is 32.2. The Morgan fingerprint density at radius 3 is 2.41 bits per heavy atom. The van der Waals surface area contributed by atoms with E-state index in [1.807, 2.05) is 6.92 Å². The van der Waals surface area contributed by atoms with Crippen molar-refractivity contribution in [3.05, 3.63) is 0 Å². The Morgan fingerprint density at radius 1 is 1.29 bits per heavy atom. The summed E-state index contributed by atoms with van der Waals surface area (Å²) in [4.78, 5) is 10.8. The number of rotatable bonds is 9. The van der Waals surface area contributed by atoms with E-state index in [9.17, 15) is 18.0 Å². The first kappa shape index (κ1) is 16.6. The lowest BCUT2D eigenvalue weighted by atomic mass is 10.2. The van der Waals surface area contributed by atoms with Crippen LogP contribution in [-0.4, -0.2) is 28.3 Å². The number of carbonyl (C=O) groups is 1. The van der Waals surface area contributed by atoms with E-state index in [4.69, 9.17) is 5.11 Å². The van der Waals surface area contributed by atoms with Gasteiger partial charge < -0.3 is 5.11 Å². The van der Waals surface area contributed by atoms with Crippen LogP contribution in [0.2, 0.25) is 0 Å². The minimum absolute atomic E-state index is 0.134. The molecule has 0 aromatic heterocycles. The molecule has 0 fully saturated rings. The van der Waals surface area contributed by atoms with E-state index >= 15 is 0 Å². The molecule has 1 unspecified atom stereocenters. The molecule has 102 valence electrons. The number of carboxylic acid groups (broad SMARTS) is 1. The topological polar surface area (TPSA) is 37.3 Å². The van der Waals surface area contributed by atoms with E-state index in [2.05, 4.69) is 0 Å². The van der Waals surface area contributed by atoms with Crippen LogP contribution in [0.25, 0.3) is 0 Å². The maximum Gasteiger partial charge on any atom is 0.389 e. The molecule has 0 rings (SSSR count). The van der Waals surface area contributed by atoms with Gasteiger partial charge in [0.15, 0.2) is 0 Å². The summed E-state index contributed by atoms with van der Waals surface area (Å²) in [7, 11) is 0. The van der Waals surface area contributed by atoms with E-state index < -0.39 is 23.8 Å². The standard InChI is InChI=1S/C11H19F3O2S/c1-2-6-9(10(15)16)17-8-5-3-4-7-11(12,13)14/h9H,2-8H2,1H3,(H,15,16). The number of carboxylic acids is 1. The van der Waals surface area contributed by atoms with Crippen molar-refractivity contribution in [1.29, 1.82) is 0 Å². The second kappa shape index (κ2) is 8.66. The molecule has 2 nitrogen and oxygen atoms in total. The van der Waals surface area contributed by atoms with Crippen LogP contribution in [0, 0.1) is 0 Å². The predicted octanol–water partition coefficient (Wildman–Crippen LogP) is 4.10. The maximum absolute atomic E-state index is 11.8. The first-order valence-corrected chi connectivity index (χ1v) is 6.83. The molecule has 0 saturated heterocycles. The van der Waals surface area contributed by atoms with E-state index in [-0.39, 0.29) is 6.42 Å². The molecule has 0 radical (unpaired) electrons. The minimum Gasteiger partial charge on any atom is -0.480 e. The van der Waals surface area contributed by atoms with Gasteiger partial charge >= 0.3 is 12.1 Å². The summed E-state index contributed by atoms with van der Waals surface area (Å²) in [5.41, 5.74) is 0. The first-order valence-electron chi connectivity index (χ1n) is 5.78. The van der Waals surface area contributed by atoms with Gasteiger partial charge in [-0.05, 0) is 25.0 Å². The summed E-state index contributed by atoms with van der Waals surface area (Å²) < 4.78 is 35.4. The molecule has 0 spiro atoms. The van der Waals surface area contributed by atoms with Crippen molar-refractivity contribution in [2.24, 2.45) is 0 Å². The monoisotopic (exact) mass is 272 g/mol. The van der Waals surface area contributed by atoms with Crippen molar-refractivity contribution < 1.29 is 23.1 Å². The molecule has 0 aliphatic rings. The molecule has 0 aromatic rings. The summed E-state index contributed by atoms with van der Waals surface area (Å²) in [6, 6.07) is 0. The molecule has 0 amide bonds. The van der Waals surface area contributed by atoms with Gasteiger partial charge in [0, 0.05) is 6.42 Å². The van der Waals surface area contributed by atoms with E-state index in [1.165, 1.54) is 11.8 Å². The Bertz CT molecular complexity index is 219. The van der Waals surface area contributed by atoms with Crippen molar-refractivity contribution in [1.82, 2.24) is 0 Å². The number of hydrogen-bond acceptors (Lipinski definition) is 2. The number of unbranched alkanes of at least 4 members (excludes halogenated alkanes) is 2. The van der Waals surface area contributed by atoms with Crippen LogP contribution in [0.15, 0.2) is 0 Å². The van der Waals surface area contributed by atoms with Gasteiger partial charge in [-0.3, -0.25) is 4.79 Å². The predicted molar refractivity (Wildman–Crippen MR) is 63.3 cm³/mol. The van der Waals surface area contributed by atoms with Crippen LogP contribution in [0.4, 0.5) is 13.2 Å². The average Bonchev–Trinajstić information content (AvgIpc) is 2.19. The van der Waals surface area contributed by atoms with Crippen molar-refractivity contribution in [2.75, 3.05) is 5.75 Å². The molecule has 0 heterocycles. The number of alkyl halides is 3. The molecule has 0 bridgehead atoms. The second-order valence-electron chi connectivity index (χ2n) is 3.91. The third kappa shape index (κ3) is 10.5. The smallest absolute Gasteiger partial charge is 0.389 e. The molecule has 0 aliphatic carbocycles. The molecule has 1 N–H and O–H groups in total. The van der Waals surface area contributed by atoms with Crippen LogP contribution in [0.3, 0.4) is 0 Å². The molecular weight excluding hydrogens is 253 g/mol. The minimum atomic E-state index is -4.07. The summed E-state index contributed by atoms with van der Waals surface area (Å²) in [6.07, 6.45) is -2.11. The summed E-state index contributed by atoms with van der Waals surface area (Å²) in [5, 5.41) is 8.43. The molecule has 17 heavy (non-hydrogen) atoms.